The highest BCUT2D eigenvalue weighted by atomic mass is 35.5. The molecule has 0 radical (unpaired) electrons. The first-order valence-electron chi connectivity index (χ1n) is 12.2. The fourth-order valence-electron chi connectivity index (χ4n) is 3.44. The summed E-state index contributed by atoms with van der Waals surface area (Å²) in [6.45, 7) is 4.59. The summed E-state index contributed by atoms with van der Waals surface area (Å²) in [6.07, 6.45) is 16.3. The Morgan fingerprint density at radius 2 is 1.32 bits per heavy atom. The Labute approximate surface area is 194 Å². The number of ether oxygens (including phenoxy) is 2. The van der Waals surface area contributed by atoms with Gasteiger partial charge < -0.3 is 9.47 Å². The Bertz CT molecular complexity index is 630. The molecule has 4 nitrogen and oxygen atoms in total. The van der Waals surface area contributed by atoms with E-state index in [0.29, 0.717) is 23.8 Å². The average molecular weight is 453 g/mol. The number of benzene rings is 1. The molecule has 0 bridgehead atoms. The molecule has 0 saturated carbocycles. The first kappa shape index (κ1) is 27.5. The molecule has 0 N–H and O–H groups in total. The van der Waals surface area contributed by atoms with E-state index in [0.717, 1.165) is 18.4 Å². The predicted molar refractivity (Wildman–Crippen MR) is 128 cm³/mol. The van der Waals surface area contributed by atoms with Crippen molar-refractivity contribution in [2.45, 2.75) is 110 Å². The molecule has 0 heterocycles. The maximum Gasteiger partial charge on any atom is 0.311 e. The van der Waals surface area contributed by atoms with Gasteiger partial charge in [-0.1, -0.05) is 89.2 Å². The van der Waals surface area contributed by atoms with Crippen LogP contribution in [0.4, 0.5) is 0 Å². The smallest absolute Gasteiger partial charge is 0.311 e. The summed E-state index contributed by atoms with van der Waals surface area (Å²) in [5.74, 6) is -0.116. The quantitative estimate of drug-likeness (QED) is 0.129. The Hall–Kier alpha value is -1.55. The lowest BCUT2D eigenvalue weighted by atomic mass is 10.1. The van der Waals surface area contributed by atoms with Crippen LogP contribution in [0.15, 0.2) is 18.2 Å². The molecule has 0 fully saturated rings. The molecule has 0 saturated heterocycles. The third-order valence-electron chi connectivity index (χ3n) is 5.38. The van der Waals surface area contributed by atoms with Gasteiger partial charge in [0.2, 0.25) is 0 Å². The highest BCUT2D eigenvalue weighted by Gasteiger charge is 2.09. The van der Waals surface area contributed by atoms with Crippen molar-refractivity contribution in [3.63, 3.8) is 0 Å². The lowest BCUT2D eigenvalue weighted by Crippen LogP contribution is -2.10. The zero-order valence-electron chi connectivity index (χ0n) is 19.6. The van der Waals surface area contributed by atoms with Crippen molar-refractivity contribution >= 4 is 23.5 Å². The maximum absolute atomic E-state index is 11.9. The van der Waals surface area contributed by atoms with E-state index in [4.69, 9.17) is 21.1 Å². The van der Waals surface area contributed by atoms with Crippen LogP contribution in [0.1, 0.15) is 109 Å². The summed E-state index contributed by atoms with van der Waals surface area (Å²) in [4.78, 5) is 23.6. The van der Waals surface area contributed by atoms with Crippen LogP contribution < -0.4 is 4.74 Å². The summed E-state index contributed by atoms with van der Waals surface area (Å²) in [5, 5.41) is 0.635. The first-order valence-corrected chi connectivity index (χ1v) is 12.5. The van der Waals surface area contributed by atoms with Crippen LogP contribution in [0, 0.1) is 6.92 Å². The molecule has 176 valence electrons. The van der Waals surface area contributed by atoms with Crippen molar-refractivity contribution in [1.82, 2.24) is 0 Å². The number of esters is 2. The molecule has 0 aliphatic carbocycles. The third kappa shape index (κ3) is 15.0. The van der Waals surface area contributed by atoms with Crippen molar-refractivity contribution in [3.8, 4) is 5.75 Å². The Kier molecular flexibility index (Phi) is 16.0. The van der Waals surface area contributed by atoms with Gasteiger partial charge in [-0.15, -0.1) is 0 Å². The van der Waals surface area contributed by atoms with Crippen molar-refractivity contribution in [1.29, 1.82) is 0 Å². The minimum Gasteiger partial charge on any atom is -0.466 e. The molecule has 1 aromatic carbocycles. The summed E-state index contributed by atoms with van der Waals surface area (Å²) in [5.41, 5.74) is 0.855. The predicted octanol–water partition coefficient (Wildman–Crippen LogP) is 7.97. The van der Waals surface area contributed by atoms with E-state index in [1.165, 1.54) is 64.2 Å². The second kappa shape index (κ2) is 18.1. The standard InChI is InChI=1S/C26H41ClO4/c1-3-4-5-6-7-8-9-10-11-12-13-14-20-30-25(28)16-15-17-26(29)31-23-18-19-24(27)22(2)21-23/h18-19,21H,3-17,20H2,1-2H3. The second-order valence-corrected chi connectivity index (χ2v) is 8.76. The van der Waals surface area contributed by atoms with E-state index in [1.54, 1.807) is 18.2 Å². The number of halogens is 1. The lowest BCUT2D eigenvalue weighted by molar-refractivity contribution is -0.144. The van der Waals surface area contributed by atoms with Crippen molar-refractivity contribution < 1.29 is 19.1 Å². The molecule has 0 atom stereocenters. The number of carbonyl (C=O) groups is 2. The van der Waals surface area contributed by atoms with E-state index in [1.807, 2.05) is 6.92 Å². The minimum atomic E-state index is -0.351. The van der Waals surface area contributed by atoms with E-state index >= 15 is 0 Å². The summed E-state index contributed by atoms with van der Waals surface area (Å²) >= 11 is 5.96. The monoisotopic (exact) mass is 452 g/mol. The molecule has 0 aromatic heterocycles. The zero-order chi connectivity index (χ0) is 22.7. The fourth-order valence-corrected chi connectivity index (χ4v) is 3.56. The molecule has 0 spiro atoms. The van der Waals surface area contributed by atoms with E-state index in [-0.39, 0.29) is 24.8 Å². The molecule has 0 aliphatic rings. The lowest BCUT2D eigenvalue weighted by Gasteiger charge is -2.07. The molecule has 31 heavy (non-hydrogen) atoms. The molecular weight excluding hydrogens is 412 g/mol. The number of hydrogen-bond acceptors (Lipinski definition) is 4. The van der Waals surface area contributed by atoms with Gasteiger partial charge >= 0.3 is 11.9 Å². The molecule has 5 heteroatoms. The van der Waals surface area contributed by atoms with Gasteiger partial charge in [0.15, 0.2) is 0 Å². The third-order valence-corrected chi connectivity index (χ3v) is 5.81. The van der Waals surface area contributed by atoms with Crippen LogP contribution in [-0.2, 0) is 14.3 Å². The van der Waals surface area contributed by atoms with Crippen molar-refractivity contribution in [3.05, 3.63) is 28.8 Å². The Morgan fingerprint density at radius 1 is 0.774 bits per heavy atom. The fraction of sp³-hybridized carbons (Fsp3) is 0.692. The van der Waals surface area contributed by atoms with Gasteiger partial charge in [0.05, 0.1) is 6.61 Å². The summed E-state index contributed by atoms with van der Waals surface area (Å²) in [6, 6.07) is 5.09. The van der Waals surface area contributed by atoms with Gasteiger partial charge in [-0.05, 0) is 43.5 Å². The number of unbranched alkanes of at least 4 members (excludes halogenated alkanes) is 11. The zero-order valence-corrected chi connectivity index (χ0v) is 20.3. The van der Waals surface area contributed by atoms with Gasteiger partial charge in [0, 0.05) is 17.9 Å². The van der Waals surface area contributed by atoms with E-state index < -0.39 is 0 Å². The Balaban J connectivity index is 1.91. The van der Waals surface area contributed by atoms with Crippen LogP contribution in [0.5, 0.6) is 5.75 Å². The molecular formula is C26H41ClO4. The van der Waals surface area contributed by atoms with Gasteiger partial charge in [0.25, 0.3) is 0 Å². The summed E-state index contributed by atoms with van der Waals surface area (Å²) in [7, 11) is 0. The topological polar surface area (TPSA) is 52.6 Å². The number of rotatable bonds is 18. The van der Waals surface area contributed by atoms with Crippen molar-refractivity contribution in [2.75, 3.05) is 6.61 Å². The molecule has 1 rings (SSSR count). The normalized spacial score (nSPS) is 10.8. The average Bonchev–Trinajstić information content (AvgIpc) is 2.74. The highest BCUT2D eigenvalue weighted by molar-refractivity contribution is 6.31. The molecule has 0 unspecified atom stereocenters. The Morgan fingerprint density at radius 3 is 1.90 bits per heavy atom. The van der Waals surface area contributed by atoms with Crippen LogP contribution >= 0.6 is 11.6 Å². The van der Waals surface area contributed by atoms with Crippen LogP contribution in [0.3, 0.4) is 0 Å². The molecule has 0 aliphatic heterocycles. The molecule has 1 aromatic rings. The largest absolute Gasteiger partial charge is 0.466 e. The van der Waals surface area contributed by atoms with Crippen LogP contribution in [-0.4, -0.2) is 18.5 Å². The minimum absolute atomic E-state index is 0.190. The van der Waals surface area contributed by atoms with Gasteiger partial charge in [0.1, 0.15) is 5.75 Å². The van der Waals surface area contributed by atoms with Crippen molar-refractivity contribution in [2.24, 2.45) is 0 Å². The second-order valence-electron chi connectivity index (χ2n) is 8.35. The van der Waals surface area contributed by atoms with Gasteiger partial charge in [-0.25, -0.2) is 0 Å². The van der Waals surface area contributed by atoms with E-state index in [2.05, 4.69) is 6.92 Å². The summed E-state index contributed by atoms with van der Waals surface area (Å²) < 4.78 is 10.5. The SMILES string of the molecule is CCCCCCCCCCCCCCOC(=O)CCCC(=O)Oc1ccc(Cl)c(C)c1. The number of hydrogen-bond donors (Lipinski definition) is 0. The van der Waals surface area contributed by atoms with Gasteiger partial charge in [-0.3, -0.25) is 9.59 Å². The number of aryl methyl sites for hydroxylation is 1. The van der Waals surface area contributed by atoms with Gasteiger partial charge in [-0.2, -0.15) is 0 Å². The highest BCUT2D eigenvalue weighted by Crippen LogP contribution is 2.21. The van der Waals surface area contributed by atoms with E-state index in [9.17, 15) is 9.59 Å². The van der Waals surface area contributed by atoms with Crippen LogP contribution in [0.2, 0.25) is 5.02 Å². The number of carbonyl (C=O) groups excluding carboxylic acids is 2. The first-order chi connectivity index (χ1) is 15.0. The molecule has 0 amide bonds. The van der Waals surface area contributed by atoms with Crippen LogP contribution in [0.25, 0.3) is 0 Å². The maximum atomic E-state index is 11.9.